The molecule has 0 radical (unpaired) electrons. The normalized spacial score (nSPS) is 27.8. The lowest BCUT2D eigenvalue weighted by Crippen LogP contribution is -2.10. The molecule has 10 heavy (non-hydrogen) atoms. The maximum Gasteiger partial charge on any atom is 0.290 e. The molecule has 0 bridgehead atoms. The molecule has 0 aliphatic heterocycles. The highest BCUT2D eigenvalue weighted by molar-refractivity contribution is 7.85. The first-order valence-electron chi connectivity index (χ1n) is 3.63. The van der Waals surface area contributed by atoms with Crippen molar-refractivity contribution in [2.75, 3.05) is 0 Å². The van der Waals surface area contributed by atoms with E-state index < -0.39 is 6.72 Å². The molecule has 0 amide bonds. The standard InChI is InChI=1S/C6H12ClO2P/c7-10(8,9)6-4-2-1-3-5-6/h6H,1-5H2,(H,8,9). The zero-order valence-corrected chi connectivity index (χ0v) is 7.44. The van der Waals surface area contributed by atoms with E-state index in [1.807, 2.05) is 0 Å². The fourth-order valence-electron chi connectivity index (χ4n) is 1.40. The van der Waals surface area contributed by atoms with E-state index in [0.29, 0.717) is 0 Å². The van der Waals surface area contributed by atoms with Crippen molar-refractivity contribution >= 4 is 18.0 Å². The van der Waals surface area contributed by atoms with Crippen LogP contribution < -0.4 is 0 Å². The third-order valence-corrected chi connectivity index (χ3v) is 4.27. The molecule has 0 aromatic carbocycles. The second-order valence-corrected chi connectivity index (χ2v) is 6.11. The lowest BCUT2D eigenvalue weighted by Gasteiger charge is -2.21. The summed E-state index contributed by atoms with van der Waals surface area (Å²) in [6.45, 7) is -3.27. The monoisotopic (exact) mass is 182 g/mol. The van der Waals surface area contributed by atoms with Gasteiger partial charge in [0.15, 0.2) is 0 Å². The van der Waals surface area contributed by atoms with Gasteiger partial charge < -0.3 is 4.89 Å². The molecule has 0 spiro atoms. The van der Waals surface area contributed by atoms with Crippen LogP contribution in [0.4, 0.5) is 0 Å². The van der Waals surface area contributed by atoms with E-state index in [-0.39, 0.29) is 5.66 Å². The van der Waals surface area contributed by atoms with E-state index >= 15 is 0 Å². The van der Waals surface area contributed by atoms with Gasteiger partial charge in [-0.05, 0) is 24.1 Å². The zero-order valence-electron chi connectivity index (χ0n) is 5.79. The van der Waals surface area contributed by atoms with Crippen LogP contribution in [-0.2, 0) is 4.57 Å². The average molecular weight is 183 g/mol. The highest BCUT2D eigenvalue weighted by Crippen LogP contribution is 2.56. The van der Waals surface area contributed by atoms with E-state index in [1.165, 1.54) is 6.42 Å². The minimum absolute atomic E-state index is 0.122. The van der Waals surface area contributed by atoms with Gasteiger partial charge in [0, 0.05) is 0 Å². The molecule has 60 valence electrons. The molecule has 0 saturated heterocycles. The van der Waals surface area contributed by atoms with Crippen molar-refractivity contribution in [3.05, 3.63) is 0 Å². The second-order valence-electron chi connectivity index (χ2n) is 2.84. The Hall–Kier alpha value is 0.480. The SMILES string of the molecule is O=P(O)(Cl)C1CCCCC1. The molecule has 1 saturated carbocycles. The summed E-state index contributed by atoms with van der Waals surface area (Å²) in [4.78, 5) is 8.96. The molecule has 1 N–H and O–H groups in total. The van der Waals surface area contributed by atoms with Gasteiger partial charge in [-0.15, -0.1) is 0 Å². The largest absolute Gasteiger partial charge is 0.333 e. The Morgan fingerprint density at radius 3 is 2.10 bits per heavy atom. The lowest BCUT2D eigenvalue weighted by molar-refractivity contribution is 0.436. The van der Waals surface area contributed by atoms with Crippen LogP contribution in [0.5, 0.6) is 0 Å². The first kappa shape index (κ1) is 8.58. The van der Waals surface area contributed by atoms with Crippen molar-refractivity contribution in [1.29, 1.82) is 0 Å². The summed E-state index contributed by atoms with van der Waals surface area (Å²) in [5.74, 6) is 0. The summed E-state index contributed by atoms with van der Waals surface area (Å²) in [6.07, 6.45) is 4.96. The molecule has 0 aromatic heterocycles. The van der Waals surface area contributed by atoms with Crippen LogP contribution in [0.3, 0.4) is 0 Å². The van der Waals surface area contributed by atoms with Gasteiger partial charge in [0.1, 0.15) is 0 Å². The Bertz CT molecular complexity index is 148. The molecule has 1 unspecified atom stereocenters. The van der Waals surface area contributed by atoms with Crippen LogP contribution in [0.25, 0.3) is 0 Å². The number of halogens is 1. The van der Waals surface area contributed by atoms with Gasteiger partial charge in [-0.25, -0.2) is 0 Å². The summed E-state index contributed by atoms with van der Waals surface area (Å²) in [5.41, 5.74) is -0.122. The van der Waals surface area contributed by atoms with Gasteiger partial charge in [0.2, 0.25) is 0 Å². The summed E-state index contributed by atoms with van der Waals surface area (Å²) in [6, 6.07) is 0. The first-order chi connectivity index (χ1) is 4.61. The van der Waals surface area contributed by atoms with Gasteiger partial charge in [-0.3, -0.25) is 4.57 Å². The third-order valence-electron chi connectivity index (χ3n) is 2.03. The topological polar surface area (TPSA) is 37.3 Å². The number of rotatable bonds is 1. The molecular weight excluding hydrogens is 170 g/mol. The van der Waals surface area contributed by atoms with Crippen LogP contribution in [0.15, 0.2) is 0 Å². The summed E-state index contributed by atoms with van der Waals surface area (Å²) in [7, 11) is 0. The van der Waals surface area contributed by atoms with Crippen molar-refractivity contribution in [1.82, 2.24) is 0 Å². The molecule has 2 nitrogen and oxygen atoms in total. The van der Waals surface area contributed by atoms with Crippen molar-refractivity contribution in [3.63, 3.8) is 0 Å². The Morgan fingerprint density at radius 1 is 1.30 bits per heavy atom. The van der Waals surface area contributed by atoms with E-state index in [1.54, 1.807) is 0 Å². The van der Waals surface area contributed by atoms with Crippen LogP contribution in [0.1, 0.15) is 32.1 Å². The zero-order chi connectivity index (χ0) is 7.61. The molecule has 4 heteroatoms. The van der Waals surface area contributed by atoms with E-state index in [9.17, 15) is 4.57 Å². The summed E-state index contributed by atoms with van der Waals surface area (Å²) < 4.78 is 10.9. The smallest absolute Gasteiger partial charge is 0.290 e. The molecule has 1 aliphatic rings. The fourth-order valence-corrected chi connectivity index (χ4v) is 2.99. The first-order valence-corrected chi connectivity index (χ1v) is 6.26. The molecule has 1 atom stereocenters. The predicted octanol–water partition coefficient (Wildman–Crippen LogP) is 2.74. The predicted molar refractivity (Wildman–Crippen MR) is 42.6 cm³/mol. The Morgan fingerprint density at radius 2 is 1.80 bits per heavy atom. The van der Waals surface area contributed by atoms with Gasteiger partial charge in [0.05, 0.1) is 5.66 Å². The van der Waals surface area contributed by atoms with E-state index in [4.69, 9.17) is 16.1 Å². The quantitative estimate of drug-likeness (QED) is 0.633. The minimum Gasteiger partial charge on any atom is -0.333 e. The molecular formula is C6H12ClO2P. The maximum atomic E-state index is 10.9. The van der Waals surface area contributed by atoms with Crippen LogP contribution >= 0.6 is 18.0 Å². The molecule has 1 aliphatic carbocycles. The lowest BCUT2D eigenvalue weighted by atomic mass is 10.0. The highest BCUT2D eigenvalue weighted by atomic mass is 35.7. The summed E-state index contributed by atoms with van der Waals surface area (Å²) >= 11 is 5.32. The summed E-state index contributed by atoms with van der Waals surface area (Å²) in [5, 5.41) is 0. The fraction of sp³-hybridized carbons (Fsp3) is 1.00. The Kier molecular flexibility index (Phi) is 2.79. The van der Waals surface area contributed by atoms with Crippen LogP contribution in [0, 0.1) is 0 Å². The van der Waals surface area contributed by atoms with Gasteiger partial charge in [-0.1, -0.05) is 19.3 Å². The molecule has 0 heterocycles. The van der Waals surface area contributed by atoms with Crippen molar-refractivity contribution < 1.29 is 9.46 Å². The Labute approximate surface area is 65.8 Å². The highest BCUT2D eigenvalue weighted by Gasteiger charge is 2.29. The number of hydrogen-bond acceptors (Lipinski definition) is 1. The molecule has 1 fully saturated rings. The van der Waals surface area contributed by atoms with Gasteiger partial charge in [-0.2, -0.15) is 0 Å². The average Bonchev–Trinajstić information content (AvgIpc) is 1.88. The molecule has 0 aromatic rings. The molecule has 1 rings (SSSR count). The third kappa shape index (κ3) is 2.26. The van der Waals surface area contributed by atoms with Gasteiger partial charge in [0.25, 0.3) is 6.72 Å². The minimum atomic E-state index is -3.27. The Balaban J connectivity index is 2.47. The van der Waals surface area contributed by atoms with Crippen molar-refractivity contribution in [2.24, 2.45) is 0 Å². The van der Waals surface area contributed by atoms with Crippen LogP contribution in [0.2, 0.25) is 0 Å². The maximum absolute atomic E-state index is 10.9. The second kappa shape index (κ2) is 3.25. The number of hydrogen-bond donors (Lipinski definition) is 1. The van der Waals surface area contributed by atoms with E-state index in [0.717, 1.165) is 25.7 Å². The van der Waals surface area contributed by atoms with Crippen molar-refractivity contribution in [3.8, 4) is 0 Å². The van der Waals surface area contributed by atoms with Gasteiger partial charge >= 0.3 is 0 Å². The van der Waals surface area contributed by atoms with Crippen molar-refractivity contribution in [2.45, 2.75) is 37.8 Å². The van der Waals surface area contributed by atoms with Crippen LogP contribution in [-0.4, -0.2) is 10.6 Å². The van der Waals surface area contributed by atoms with E-state index in [2.05, 4.69) is 0 Å².